The summed E-state index contributed by atoms with van der Waals surface area (Å²) in [4.78, 5) is 23.8. The highest BCUT2D eigenvalue weighted by Crippen LogP contribution is 2.04. The molecule has 0 spiro atoms. The number of hydrogen-bond acceptors (Lipinski definition) is 3. The highest BCUT2D eigenvalue weighted by molar-refractivity contribution is 5.01. The fourth-order valence-electron chi connectivity index (χ4n) is 1.85. The molecule has 2 heterocycles. The Hall–Kier alpha value is -2.11. The minimum absolute atomic E-state index is 0.207. The quantitative estimate of drug-likeness (QED) is 0.821. The third-order valence-electron chi connectivity index (χ3n) is 2.99. The van der Waals surface area contributed by atoms with Gasteiger partial charge in [-0.3, -0.25) is 14.0 Å². The van der Waals surface area contributed by atoms with Gasteiger partial charge in [0.25, 0.3) is 5.56 Å². The fraction of sp³-hybridized carbons (Fsp3) is 0.462. The van der Waals surface area contributed by atoms with Crippen LogP contribution in [0.15, 0.2) is 34.1 Å². The van der Waals surface area contributed by atoms with Crippen molar-refractivity contribution in [3.63, 3.8) is 0 Å². The zero-order chi connectivity index (χ0) is 14.0. The van der Waals surface area contributed by atoms with Crippen LogP contribution in [-0.2, 0) is 13.1 Å². The molecular formula is C13H18N4O2. The van der Waals surface area contributed by atoms with Crippen LogP contribution in [0.2, 0.25) is 0 Å². The van der Waals surface area contributed by atoms with Crippen LogP contribution in [0.5, 0.6) is 0 Å². The molecule has 102 valence electrons. The molecule has 0 saturated carbocycles. The van der Waals surface area contributed by atoms with Gasteiger partial charge >= 0.3 is 5.69 Å². The molecule has 19 heavy (non-hydrogen) atoms. The standard InChI is InChI=1S/C13H18N4O2/c1-4-15-7-6-12(18)16(13(15)19)9-11-5-8-17(14-11)10(2)3/h5-8,10H,4,9H2,1-3H3. The van der Waals surface area contributed by atoms with Gasteiger partial charge in [-0.15, -0.1) is 0 Å². The number of nitrogens with zero attached hydrogens (tertiary/aromatic N) is 4. The van der Waals surface area contributed by atoms with Crippen LogP contribution < -0.4 is 11.2 Å². The van der Waals surface area contributed by atoms with E-state index in [0.717, 1.165) is 0 Å². The lowest BCUT2D eigenvalue weighted by atomic mass is 10.4. The maximum absolute atomic E-state index is 12.1. The van der Waals surface area contributed by atoms with E-state index in [2.05, 4.69) is 5.10 Å². The smallest absolute Gasteiger partial charge is 0.301 e. The van der Waals surface area contributed by atoms with Crippen LogP contribution in [0.3, 0.4) is 0 Å². The molecule has 0 atom stereocenters. The molecule has 0 aromatic carbocycles. The number of aryl methyl sites for hydroxylation is 1. The Kier molecular flexibility index (Phi) is 3.69. The molecule has 0 fully saturated rings. The van der Waals surface area contributed by atoms with Crippen LogP contribution in [-0.4, -0.2) is 18.9 Å². The molecule has 0 aliphatic rings. The summed E-state index contributed by atoms with van der Waals surface area (Å²) in [5.74, 6) is 0. The van der Waals surface area contributed by atoms with E-state index in [-0.39, 0.29) is 23.8 Å². The Morgan fingerprint density at radius 2 is 1.95 bits per heavy atom. The highest BCUT2D eigenvalue weighted by Gasteiger charge is 2.08. The Bertz CT molecular complexity index is 678. The lowest BCUT2D eigenvalue weighted by molar-refractivity contribution is 0.518. The molecule has 2 aromatic rings. The van der Waals surface area contributed by atoms with Gasteiger partial charge < -0.3 is 4.57 Å². The van der Waals surface area contributed by atoms with Gasteiger partial charge in [0.1, 0.15) is 0 Å². The molecular weight excluding hydrogens is 244 g/mol. The van der Waals surface area contributed by atoms with Crippen molar-refractivity contribution in [2.75, 3.05) is 0 Å². The monoisotopic (exact) mass is 262 g/mol. The van der Waals surface area contributed by atoms with Crippen molar-refractivity contribution >= 4 is 0 Å². The summed E-state index contributed by atoms with van der Waals surface area (Å²) in [6.45, 7) is 6.66. The van der Waals surface area contributed by atoms with Crippen molar-refractivity contribution in [2.24, 2.45) is 0 Å². The van der Waals surface area contributed by atoms with Gasteiger partial charge in [0.05, 0.1) is 12.2 Å². The van der Waals surface area contributed by atoms with E-state index < -0.39 is 0 Å². The average Bonchev–Trinajstić information content (AvgIpc) is 2.83. The van der Waals surface area contributed by atoms with Crippen LogP contribution in [0.25, 0.3) is 0 Å². The van der Waals surface area contributed by atoms with E-state index in [1.165, 1.54) is 21.4 Å². The van der Waals surface area contributed by atoms with Gasteiger partial charge in [0.15, 0.2) is 0 Å². The largest absolute Gasteiger partial charge is 0.331 e. The van der Waals surface area contributed by atoms with Crippen molar-refractivity contribution in [2.45, 2.75) is 39.9 Å². The van der Waals surface area contributed by atoms with Crippen LogP contribution in [0, 0.1) is 0 Å². The van der Waals surface area contributed by atoms with Gasteiger partial charge in [-0.25, -0.2) is 4.79 Å². The van der Waals surface area contributed by atoms with Gasteiger partial charge in [-0.2, -0.15) is 5.10 Å². The second kappa shape index (κ2) is 5.26. The summed E-state index contributed by atoms with van der Waals surface area (Å²) in [6, 6.07) is 3.49. The van der Waals surface area contributed by atoms with Gasteiger partial charge in [-0.05, 0) is 26.8 Å². The van der Waals surface area contributed by atoms with E-state index in [4.69, 9.17) is 0 Å². The van der Waals surface area contributed by atoms with Crippen molar-refractivity contribution in [3.05, 3.63) is 51.1 Å². The van der Waals surface area contributed by atoms with Gasteiger partial charge in [0.2, 0.25) is 0 Å². The van der Waals surface area contributed by atoms with E-state index in [1.54, 1.807) is 0 Å². The first-order valence-electron chi connectivity index (χ1n) is 6.37. The Labute approximate surface area is 110 Å². The zero-order valence-corrected chi connectivity index (χ0v) is 11.4. The first kappa shape index (κ1) is 13.3. The molecule has 0 aliphatic carbocycles. The summed E-state index contributed by atoms with van der Waals surface area (Å²) in [7, 11) is 0. The third kappa shape index (κ3) is 2.67. The van der Waals surface area contributed by atoms with Gasteiger partial charge in [0, 0.05) is 31.0 Å². The Morgan fingerprint density at radius 3 is 2.53 bits per heavy atom. The fourth-order valence-corrected chi connectivity index (χ4v) is 1.85. The van der Waals surface area contributed by atoms with E-state index in [0.29, 0.717) is 12.2 Å². The van der Waals surface area contributed by atoms with Crippen molar-refractivity contribution in [3.8, 4) is 0 Å². The predicted octanol–water partition coefficient (Wildman–Crippen LogP) is 0.856. The molecule has 0 unspecified atom stereocenters. The summed E-state index contributed by atoms with van der Waals surface area (Å²) in [6.07, 6.45) is 3.38. The Morgan fingerprint density at radius 1 is 1.21 bits per heavy atom. The first-order chi connectivity index (χ1) is 9.02. The summed E-state index contributed by atoms with van der Waals surface area (Å²) < 4.78 is 4.51. The molecule has 2 aromatic heterocycles. The zero-order valence-electron chi connectivity index (χ0n) is 11.4. The second-order valence-electron chi connectivity index (χ2n) is 4.69. The first-order valence-corrected chi connectivity index (χ1v) is 6.37. The third-order valence-corrected chi connectivity index (χ3v) is 2.99. The van der Waals surface area contributed by atoms with Gasteiger partial charge in [-0.1, -0.05) is 0 Å². The summed E-state index contributed by atoms with van der Waals surface area (Å²) in [5, 5.41) is 4.35. The molecule has 2 rings (SSSR count). The predicted molar refractivity (Wildman–Crippen MR) is 72.4 cm³/mol. The molecule has 6 heteroatoms. The molecule has 0 N–H and O–H groups in total. The maximum atomic E-state index is 12.1. The average molecular weight is 262 g/mol. The maximum Gasteiger partial charge on any atom is 0.331 e. The lowest BCUT2D eigenvalue weighted by Gasteiger charge is -2.07. The van der Waals surface area contributed by atoms with Crippen LogP contribution >= 0.6 is 0 Å². The van der Waals surface area contributed by atoms with Crippen molar-refractivity contribution in [1.29, 1.82) is 0 Å². The van der Waals surface area contributed by atoms with Crippen molar-refractivity contribution < 1.29 is 0 Å². The molecule has 0 bridgehead atoms. The molecule has 0 amide bonds. The minimum atomic E-state index is -0.297. The van der Waals surface area contributed by atoms with E-state index >= 15 is 0 Å². The number of rotatable bonds is 4. The normalized spacial score (nSPS) is 11.2. The van der Waals surface area contributed by atoms with Crippen LogP contribution in [0.1, 0.15) is 32.5 Å². The summed E-state index contributed by atoms with van der Waals surface area (Å²) >= 11 is 0. The highest BCUT2D eigenvalue weighted by atomic mass is 16.2. The SMILES string of the molecule is CCn1ccc(=O)n(Cc2ccn(C(C)C)n2)c1=O. The van der Waals surface area contributed by atoms with Crippen LogP contribution in [0.4, 0.5) is 0 Å². The van der Waals surface area contributed by atoms with E-state index in [9.17, 15) is 9.59 Å². The molecule has 6 nitrogen and oxygen atoms in total. The minimum Gasteiger partial charge on any atom is -0.301 e. The van der Waals surface area contributed by atoms with Crippen molar-refractivity contribution in [1.82, 2.24) is 18.9 Å². The topological polar surface area (TPSA) is 61.8 Å². The summed E-state index contributed by atoms with van der Waals surface area (Å²) in [5.41, 5.74) is 0.115. The van der Waals surface area contributed by atoms with E-state index in [1.807, 2.05) is 37.7 Å². The number of aromatic nitrogens is 4. The lowest BCUT2D eigenvalue weighted by Crippen LogP contribution is -2.39. The number of hydrogen-bond donors (Lipinski definition) is 0. The molecule has 0 saturated heterocycles. The Balaban J connectivity index is 2.37. The molecule has 0 aliphatic heterocycles. The second-order valence-corrected chi connectivity index (χ2v) is 4.69. The molecule has 0 radical (unpaired) electrons.